The van der Waals surface area contributed by atoms with E-state index in [9.17, 15) is 0 Å². The first-order valence-electron chi connectivity index (χ1n) is 5.57. The highest BCUT2D eigenvalue weighted by atomic mass is 14.8. The van der Waals surface area contributed by atoms with Crippen molar-refractivity contribution in [1.82, 2.24) is 5.32 Å². The number of hydrogen-bond donors (Lipinski definition) is 2. The van der Waals surface area contributed by atoms with E-state index in [1.54, 1.807) is 0 Å². The Morgan fingerprint density at radius 2 is 1.77 bits per heavy atom. The van der Waals surface area contributed by atoms with Gasteiger partial charge in [-0.3, -0.25) is 0 Å². The minimum Gasteiger partial charge on any atom is -0.330 e. The summed E-state index contributed by atoms with van der Waals surface area (Å²) in [5.41, 5.74) is 5.52. The molecule has 1 unspecified atom stereocenters. The molecule has 0 saturated heterocycles. The maximum atomic E-state index is 5.52. The summed E-state index contributed by atoms with van der Waals surface area (Å²) in [7, 11) is 0. The van der Waals surface area contributed by atoms with Crippen LogP contribution in [0.25, 0.3) is 0 Å². The van der Waals surface area contributed by atoms with E-state index in [0.717, 1.165) is 25.6 Å². The van der Waals surface area contributed by atoms with Crippen molar-refractivity contribution in [3.8, 4) is 0 Å². The smallest absolute Gasteiger partial charge is 0.00459 e. The highest BCUT2D eigenvalue weighted by molar-refractivity contribution is 4.56. The molecule has 0 heterocycles. The molecule has 0 aromatic carbocycles. The normalized spacial score (nSPS) is 13.6. The van der Waals surface area contributed by atoms with Crippen molar-refractivity contribution >= 4 is 0 Å². The topological polar surface area (TPSA) is 38.0 Å². The van der Waals surface area contributed by atoms with Crippen LogP contribution in [0.5, 0.6) is 0 Å². The maximum Gasteiger partial charge on any atom is -0.00459 e. The zero-order valence-electron chi connectivity index (χ0n) is 9.47. The van der Waals surface area contributed by atoms with Crippen LogP contribution in [0.15, 0.2) is 0 Å². The molecule has 0 aromatic heterocycles. The molecule has 13 heavy (non-hydrogen) atoms. The highest BCUT2D eigenvalue weighted by Gasteiger charge is 1.97. The fourth-order valence-corrected chi connectivity index (χ4v) is 1.23. The van der Waals surface area contributed by atoms with Gasteiger partial charge in [-0.15, -0.1) is 0 Å². The summed E-state index contributed by atoms with van der Waals surface area (Å²) in [4.78, 5) is 0. The van der Waals surface area contributed by atoms with Crippen LogP contribution in [0.3, 0.4) is 0 Å². The molecule has 0 rings (SSSR count). The Kier molecular flexibility index (Phi) is 8.46. The van der Waals surface area contributed by atoms with E-state index < -0.39 is 0 Å². The third-order valence-corrected chi connectivity index (χ3v) is 2.35. The minimum absolute atomic E-state index is 0.664. The molecule has 3 N–H and O–H groups in total. The van der Waals surface area contributed by atoms with Gasteiger partial charge >= 0.3 is 0 Å². The van der Waals surface area contributed by atoms with Gasteiger partial charge in [-0.25, -0.2) is 0 Å². The average Bonchev–Trinajstić information content (AvgIpc) is 2.10. The molecule has 2 heteroatoms. The first kappa shape index (κ1) is 12.9. The summed E-state index contributed by atoms with van der Waals surface area (Å²) in [6.45, 7) is 9.85. The maximum absolute atomic E-state index is 5.52. The quantitative estimate of drug-likeness (QED) is 0.569. The predicted molar refractivity (Wildman–Crippen MR) is 59.8 cm³/mol. The lowest BCUT2D eigenvalue weighted by Gasteiger charge is -2.09. The van der Waals surface area contributed by atoms with Crippen molar-refractivity contribution in [3.05, 3.63) is 0 Å². The van der Waals surface area contributed by atoms with Crippen LogP contribution in [-0.4, -0.2) is 19.6 Å². The van der Waals surface area contributed by atoms with E-state index in [0.29, 0.717) is 5.92 Å². The summed E-state index contributed by atoms with van der Waals surface area (Å²) < 4.78 is 0. The molecule has 80 valence electrons. The molecule has 0 fully saturated rings. The van der Waals surface area contributed by atoms with E-state index in [2.05, 4.69) is 26.1 Å². The van der Waals surface area contributed by atoms with Crippen molar-refractivity contribution < 1.29 is 0 Å². The predicted octanol–water partition coefficient (Wildman–Crippen LogP) is 2.00. The molecule has 0 amide bonds. The molecule has 0 radical (unpaired) electrons. The lowest BCUT2D eigenvalue weighted by Crippen LogP contribution is -2.21. The molecule has 0 aliphatic rings. The van der Waals surface area contributed by atoms with Crippen LogP contribution in [0.4, 0.5) is 0 Å². The molecule has 1 atom stereocenters. The summed E-state index contributed by atoms with van der Waals surface area (Å²) >= 11 is 0. The Bertz CT molecular complexity index is 102. The van der Waals surface area contributed by atoms with Gasteiger partial charge < -0.3 is 11.1 Å². The van der Waals surface area contributed by atoms with Crippen LogP contribution < -0.4 is 11.1 Å². The van der Waals surface area contributed by atoms with Crippen molar-refractivity contribution in [2.75, 3.05) is 19.6 Å². The second-order valence-electron chi connectivity index (χ2n) is 4.42. The van der Waals surface area contributed by atoms with Crippen molar-refractivity contribution in [1.29, 1.82) is 0 Å². The highest BCUT2D eigenvalue weighted by Crippen LogP contribution is 2.02. The number of rotatable bonds is 8. The molecular weight excluding hydrogens is 160 g/mol. The SMILES string of the molecule is CC(C)CCCNCCC(C)CN. The molecule has 0 spiro atoms. The van der Waals surface area contributed by atoms with Gasteiger partial charge in [0.1, 0.15) is 0 Å². The van der Waals surface area contributed by atoms with Crippen LogP contribution in [-0.2, 0) is 0 Å². The standard InChI is InChI=1S/C11H26N2/c1-10(2)5-4-7-13-8-6-11(3)9-12/h10-11,13H,4-9,12H2,1-3H3. The fraction of sp³-hybridized carbons (Fsp3) is 1.00. The van der Waals surface area contributed by atoms with E-state index in [4.69, 9.17) is 5.73 Å². The molecule has 0 aromatic rings. The molecule has 2 nitrogen and oxygen atoms in total. The monoisotopic (exact) mass is 186 g/mol. The van der Waals surface area contributed by atoms with Gasteiger partial charge in [0.2, 0.25) is 0 Å². The zero-order chi connectivity index (χ0) is 10.1. The second kappa shape index (κ2) is 8.52. The third-order valence-electron chi connectivity index (χ3n) is 2.35. The first-order chi connectivity index (χ1) is 6.16. The van der Waals surface area contributed by atoms with E-state index >= 15 is 0 Å². The van der Waals surface area contributed by atoms with Crippen LogP contribution >= 0.6 is 0 Å². The average molecular weight is 186 g/mol. The molecule has 0 saturated carbocycles. The fourth-order valence-electron chi connectivity index (χ4n) is 1.23. The molecule has 0 aliphatic carbocycles. The molecule has 0 bridgehead atoms. The van der Waals surface area contributed by atoms with Crippen molar-refractivity contribution in [3.63, 3.8) is 0 Å². The summed E-state index contributed by atoms with van der Waals surface area (Å²) in [6, 6.07) is 0. The van der Waals surface area contributed by atoms with Crippen LogP contribution in [0.1, 0.15) is 40.0 Å². The van der Waals surface area contributed by atoms with Gasteiger partial charge in [0.25, 0.3) is 0 Å². The zero-order valence-corrected chi connectivity index (χ0v) is 9.47. The van der Waals surface area contributed by atoms with Crippen LogP contribution in [0.2, 0.25) is 0 Å². The van der Waals surface area contributed by atoms with Crippen LogP contribution in [0, 0.1) is 11.8 Å². The van der Waals surface area contributed by atoms with Gasteiger partial charge in [-0.2, -0.15) is 0 Å². The Hall–Kier alpha value is -0.0800. The summed E-state index contributed by atoms with van der Waals surface area (Å²) in [5.74, 6) is 1.50. The Labute approximate surface area is 83.3 Å². The van der Waals surface area contributed by atoms with Gasteiger partial charge in [0, 0.05) is 0 Å². The Morgan fingerprint density at radius 1 is 1.08 bits per heavy atom. The summed E-state index contributed by atoms with van der Waals surface area (Å²) in [6.07, 6.45) is 3.84. The number of hydrogen-bond acceptors (Lipinski definition) is 2. The lowest BCUT2D eigenvalue weighted by molar-refractivity contribution is 0.485. The van der Waals surface area contributed by atoms with Gasteiger partial charge in [-0.1, -0.05) is 20.8 Å². The van der Waals surface area contributed by atoms with E-state index in [1.165, 1.54) is 19.3 Å². The number of nitrogens with one attached hydrogen (secondary N) is 1. The Balaban J connectivity index is 2.99. The largest absolute Gasteiger partial charge is 0.330 e. The molecular formula is C11H26N2. The Morgan fingerprint density at radius 3 is 2.31 bits per heavy atom. The van der Waals surface area contributed by atoms with Gasteiger partial charge in [0.05, 0.1) is 0 Å². The van der Waals surface area contributed by atoms with Crippen molar-refractivity contribution in [2.24, 2.45) is 17.6 Å². The number of nitrogens with two attached hydrogens (primary N) is 1. The second-order valence-corrected chi connectivity index (χ2v) is 4.42. The minimum atomic E-state index is 0.664. The van der Waals surface area contributed by atoms with Gasteiger partial charge in [0.15, 0.2) is 0 Å². The van der Waals surface area contributed by atoms with E-state index in [1.807, 2.05) is 0 Å². The first-order valence-corrected chi connectivity index (χ1v) is 5.57. The third kappa shape index (κ3) is 9.84. The molecule has 0 aliphatic heterocycles. The van der Waals surface area contributed by atoms with Gasteiger partial charge in [-0.05, 0) is 50.7 Å². The summed E-state index contributed by atoms with van der Waals surface area (Å²) in [5, 5.41) is 3.45. The van der Waals surface area contributed by atoms with E-state index in [-0.39, 0.29) is 0 Å². The van der Waals surface area contributed by atoms with Crippen molar-refractivity contribution in [2.45, 2.75) is 40.0 Å². The lowest BCUT2D eigenvalue weighted by atomic mass is 10.1.